The lowest BCUT2D eigenvalue weighted by Crippen LogP contribution is -2.49. The lowest BCUT2D eigenvalue weighted by atomic mass is 10.2. The minimum Gasteiger partial charge on any atom is -0.368 e. The monoisotopic (exact) mass is 378 g/mol. The summed E-state index contributed by atoms with van der Waals surface area (Å²) in [5.41, 5.74) is 3.94. The largest absolute Gasteiger partial charge is 0.368 e. The molecule has 1 fully saturated rings. The van der Waals surface area contributed by atoms with Crippen LogP contribution in [0.25, 0.3) is 5.69 Å². The maximum absolute atomic E-state index is 13.1. The van der Waals surface area contributed by atoms with Crippen LogP contribution in [0.3, 0.4) is 0 Å². The molecule has 0 spiro atoms. The number of carbonyl (C=O) groups is 1. The molecule has 5 nitrogen and oxygen atoms in total. The van der Waals surface area contributed by atoms with Gasteiger partial charge in [0, 0.05) is 43.8 Å². The second kappa shape index (κ2) is 7.40. The third-order valence-corrected chi connectivity index (χ3v) is 5.24. The fourth-order valence-corrected chi connectivity index (χ4v) is 3.78. The van der Waals surface area contributed by atoms with Crippen molar-refractivity contribution in [2.24, 2.45) is 0 Å². The second-order valence-electron chi connectivity index (χ2n) is 6.77. The maximum Gasteiger partial charge on any atom is 0.272 e. The Morgan fingerprint density at radius 3 is 2.37 bits per heavy atom. The fourth-order valence-electron chi connectivity index (χ4n) is 3.51. The molecule has 0 bridgehead atoms. The number of imidazole rings is 1. The third kappa shape index (κ3) is 3.53. The number of hydrogen-bond acceptors (Lipinski definition) is 3. The lowest BCUT2D eigenvalue weighted by molar-refractivity contribution is 0.0738. The van der Waals surface area contributed by atoms with E-state index in [4.69, 9.17) is 12.2 Å². The van der Waals surface area contributed by atoms with Crippen molar-refractivity contribution >= 4 is 23.8 Å². The number of carbonyl (C=O) groups excluding carboxylic acids is 1. The molecule has 27 heavy (non-hydrogen) atoms. The van der Waals surface area contributed by atoms with Gasteiger partial charge >= 0.3 is 0 Å². The van der Waals surface area contributed by atoms with Gasteiger partial charge in [0.25, 0.3) is 5.91 Å². The van der Waals surface area contributed by atoms with E-state index in [1.165, 1.54) is 11.3 Å². The number of hydrogen-bond donors (Lipinski definition) is 1. The highest BCUT2D eigenvalue weighted by atomic mass is 32.1. The van der Waals surface area contributed by atoms with Crippen LogP contribution in [0.15, 0.2) is 60.8 Å². The molecule has 0 saturated carbocycles. The topological polar surface area (TPSA) is 44.3 Å². The number of rotatable bonds is 3. The van der Waals surface area contributed by atoms with Crippen LogP contribution < -0.4 is 4.90 Å². The summed E-state index contributed by atoms with van der Waals surface area (Å²) in [6, 6.07) is 18.2. The minimum atomic E-state index is 0.00935. The highest BCUT2D eigenvalue weighted by Crippen LogP contribution is 2.20. The van der Waals surface area contributed by atoms with Gasteiger partial charge in [-0.25, -0.2) is 0 Å². The van der Waals surface area contributed by atoms with Gasteiger partial charge in [0.2, 0.25) is 0 Å². The first-order chi connectivity index (χ1) is 13.1. The first kappa shape index (κ1) is 17.5. The molecule has 1 amide bonds. The van der Waals surface area contributed by atoms with Crippen molar-refractivity contribution in [3.63, 3.8) is 0 Å². The van der Waals surface area contributed by atoms with Crippen molar-refractivity contribution in [3.8, 4) is 5.69 Å². The lowest BCUT2D eigenvalue weighted by Gasteiger charge is -2.36. The summed E-state index contributed by atoms with van der Waals surface area (Å²) in [6.07, 6.45) is 1.71. The Morgan fingerprint density at radius 2 is 1.67 bits per heavy atom. The standard InChI is InChI=1S/C21H22N4OS/c1-16-6-5-9-18(14-16)23-10-12-24(13-11-23)20(26)19-15-22-21(27)25(19)17-7-3-2-4-8-17/h2-9,14-15H,10-13H2,1H3,(H,22,27). The van der Waals surface area contributed by atoms with Crippen molar-refractivity contribution in [2.75, 3.05) is 31.1 Å². The number of benzene rings is 2. The van der Waals surface area contributed by atoms with Crippen LogP contribution in [0.4, 0.5) is 5.69 Å². The van der Waals surface area contributed by atoms with E-state index in [2.05, 4.69) is 41.1 Å². The number of nitrogens with zero attached hydrogens (tertiary/aromatic N) is 3. The quantitative estimate of drug-likeness (QED) is 0.705. The Morgan fingerprint density at radius 1 is 0.963 bits per heavy atom. The van der Waals surface area contributed by atoms with Crippen molar-refractivity contribution in [2.45, 2.75) is 6.92 Å². The summed E-state index contributed by atoms with van der Waals surface area (Å²) >= 11 is 5.40. The zero-order valence-corrected chi connectivity index (χ0v) is 16.1. The van der Waals surface area contributed by atoms with Gasteiger partial charge < -0.3 is 14.8 Å². The number of para-hydroxylation sites is 1. The predicted octanol–water partition coefficient (Wildman–Crippen LogP) is 3.81. The van der Waals surface area contributed by atoms with E-state index < -0.39 is 0 Å². The molecule has 0 atom stereocenters. The molecular formula is C21H22N4OS. The van der Waals surface area contributed by atoms with E-state index in [9.17, 15) is 4.79 Å². The number of piperazine rings is 1. The van der Waals surface area contributed by atoms with Crippen LogP contribution >= 0.6 is 12.2 Å². The predicted molar refractivity (Wildman–Crippen MR) is 110 cm³/mol. The molecule has 2 heterocycles. The van der Waals surface area contributed by atoms with Crippen molar-refractivity contribution in [3.05, 3.63) is 76.8 Å². The number of aryl methyl sites for hydroxylation is 1. The number of H-pyrrole nitrogens is 1. The van der Waals surface area contributed by atoms with Crippen LogP contribution in [0.2, 0.25) is 0 Å². The maximum atomic E-state index is 13.1. The van der Waals surface area contributed by atoms with Crippen LogP contribution in [0, 0.1) is 11.7 Å². The highest BCUT2D eigenvalue weighted by molar-refractivity contribution is 7.71. The molecule has 0 aliphatic carbocycles. The Hall–Kier alpha value is -2.86. The third-order valence-electron chi connectivity index (χ3n) is 4.94. The van der Waals surface area contributed by atoms with Crippen LogP contribution in [-0.2, 0) is 0 Å². The molecule has 138 valence electrons. The number of nitrogens with one attached hydrogen (secondary N) is 1. The van der Waals surface area contributed by atoms with Crippen molar-refractivity contribution < 1.29 is 4.79 Å². The average Bonchev–Trinajstić information content (AvgIpc) is 3.09. The molecule has 0 radical (unpaired) electrons. The molecule has 1 aliphatic heterocycles. The van der Waals surface area contributed by atoms with Crippen LogP contribution in [0.5, 0.6) is 0 Å². The van der Waals surface area contributed by atoms with Gasteiger partial charge in [-0.15, -0.1) is 0 Å². The van der Waals surface area contributed by atoms with E-state index in [0.29, 0.717) is 23.6 Å². The summed E-state index contributed by atoms with van der Waals surface area (Å²) < 4.78 is 2.34. The minimum absolute atomic E-state index is 0.00935. The molecule has 4 rings (SSSR count). The van der Waals surface area contributed by atoms with Gasteiger partial charge in [-0.2, -0.15) is 0 Å². The Kier molecular flexibility index (Phi) is 4.81. The number of aromatic nitrogens is 2. The molecule has 1 aromatic heterocycles. The Bertz CT molecular complexity index is 1000. The van der Waals surface area contributed by atoms with E-state index in [-0.39, 0.29) is 5.91 Å². The summed E-state index contributed by atoms with van der Waals surface area (Å²) in [6.45, 7) is 5.14. The molecule has 1 N–H and O–H groups in total. The number of anilines is 1. The van der Waals surface area contributed by atoms with Gasteiger partial charge in [0.1, 0.15) is 5.69 Å². The van der Waals surface area contributed by atoms with Crippen LogP contribution in [0.1, 0.15) is 16.1 Å². The summed E-state index contributed by atoms with van der Waals surface area (Å²) in [7, 11) is 0. The normalized spacial score (nSPS) is 14.4. The SMILES string of the molecule is Cc1cccc(N2CCN(C(=O)c3c[nH]c(=S)n3-c3ccccc3)CC2)c1. The van der Waals surface area contributed by atoms with Gasteiger partial charge in [0.15, 0.2) is 4.77 Å². The number of aromatic amines is 1. The molecule has 6 heteroatoms. The van der Waals surface area contributed by atoms with Crippen LogP contribution in [-0.4, -0.2) is 46.5 Å². The summed E-state index contributed by atoms with van der Waals surface area (Å²) in [4.78, 5) is 20.4. The summed E-state index contributed by atoms with van der Waals surface area (Å²) in [5.74, 6) is 0.00935. The smallest absolute Gasteiger partial charge is 0.272 e. The molecule has 2 aromatic carbocycles. The second-order valence-corrected chi connectivity index (χ2v) is 7.15. The first-order valence-corrected chi connectivity index (χ1v) is 9.51. The molecule has 0 unspecified atom stereocenters. The van der Waals surface area contributed by atoms with Crippen molar-refractivity contribution in [1.29, 1.82) is 0 Å². The van der Waals surface area contributed by atoms with Gasteiger partial charge in [0.05, 0.1) is 0 Å². The number of amides is 1. The van der Waals surface area contributed by atoms with E-state index >= 15 is 0 Å². The van der Waals surface area contributed by atoms with E-state index in [1.54, 1.807) is 6.20 Å². The molecule has 3 aromatic rings. The highest BCUT2D eigenvalue weighted by Gasteiger charge is 2.25. The first-order valence-electron chi connectivity index (χ1n) is 9.10. The summed E-state index contributed by atoms with van der Waals surface area (Å²) in [5, 5.41) is 0. The Balaban J connectivity index is 1.52. The van der Waals surface area contributed by atoms with Gasteiger partial charge in [-0.3, -0.25) is 9.36 Å². The molecular weight excluding hydrogens is 356 g/mol. The molecule has 1 saturated heterocycles. The van der Waals surface area contributed by atoms with Gasteiger partial charge in [-0.05, 0) is 49.0 Å². The molecule has 1 aliphatic rings. The van der Waals surface area contributed by atoms with E-state index in [0.717, 1.165) is 18.8 Å². The zero-order valence-electron chi connectivity index (χ0n) is 15.3. The van der Waals surface area contributed by atoms with Gasteiger partial charge in [-0.1, -0.05) is 30.3 Å². The van der Waals surface area contributed by atoms with E-state index in [1.807, 2.05) is 39.8 Å². The Labute approximate surface area is 163 Å². The van der Waals surface area contributed by atoms with Crippen molar-refractivity contribution in [1.82, 2.24) is 14.5 Å². The zero-order chi connectivity index (χ0) is 18.8. The fraction of sp³-hybridized carbons (Fsp3) is 0.238. The average molecular weight is 379 g/mol.